The van der Waals surface area contributed by atoms with Crippen molar-refractivity contribution in [3.8, 4) is 5.75 Å². The molecule has 1 aliphatic rings. The van der Waals surface area contributed by atoms with E-state index in [-0.39, 0.29) is 24.5 Å². The average Bonchev–Trinajstić information content (AvgIpc) is 2.95. The van der Waals surface area contributed by atoms with E-state index in [1.807, 2.05) is 18.2 Å². The molecular formula is C17H25NO3. The summed E-state index contributed by atoms with van der Waals surface area (Å²) in [5.41, 5.74) is 1.20. The second kappa shape index (κ2) is 6.94. The normalized spacial score (nSPS) is 19.9. The molecule has 1 N–H and O–H groups in total. The third-order valence-corrected chi connectivity index (χ3v) is 4.15. The topological polar surface area (TPSA) is 49.8 Å². The highest BCUT2D eigenvalue weighted by Gasteiger charge is 2.29. The van der Waals surface area contributed by atoms with E-state index < -0.39 is 0 Å². The second-order valence-electron chi connectivity index (χ2n) is 6.14. The Morgan fingerprint density at radius 1 is 1.43 bits per heavy atom. The maximum Gasteiger partial charge on any atom is 0.260 e. The van der Waals surface area contributed by atoms with Crippen LogP contribution in [0.2, 0.25) is 0 Å². The zero-order valence-electron chi connectivity index (χ0n) is 13.1. The molecular weight excluding hydrogens is 266 g/mol. The molecule has 0 radical (unpaired) electrons. The van der Waals surface area contributed by atoms with E-state index in [0.29, 0.717) is 19.0 Å². The number of amides is 1. The van der Waals surface area contributed by atoms with Gasteiger partial charge in [-0.05, 0) is 37.0 Å². The van der Waals surface area contributed by atoms with Gasteiger partial charge in [-0.2, -0.15) is 0 Å². The summed E-state index contributed by atoms with van der Waals surface area (Å²) in [6.07, 6.45) is 0.512. The molecule has 4 heteroatoms. The molecule has 1 fully saturated rings. The van der Waals surface area contributed by atoms with Gasteiger partial charge in [-0.15, -0.1) is 0 Å². The number of nitrogens with zero attached hydrogens (tertiary/aromatic N) is 1. The van der Waals surface area contributed by atoms with E-state index in [0.717, 1.165) is 12.2 Å². The van der Waals surface area contributed by atoms with Crippen molar-refractivity contribution in [3.05, 3.63) is 29.8 Å². The fraction of sp³-hybridized carbons (Fsp3) is 0.588. The average molecular weight is 291 g/mol. The maximum atomic E-state index is 12.1. The first-order valence-electron chi connectivity index (χ1n) is 7.66. The molecule has 0 spiro atoms. The lowest BCUT2D eigenvalue weighted by atomic mass is 10.0. The third-order valence-electron chi connectivity index (χ3n) is 4.15. The van der Waals surface area contributed by atoms with Crippen molar-refractivity contribution in [2.24, 2.45) is 5.92 Å². The molecule has 0 aromatic heterocycles. The number of carbonyl (C=O) groups is 1. The summed E-state index contributed by atoms with van der Waals surface area (Å²) in [5, 5.41) is 9.57. The van der Waals surface area contributed by atoms with Crippen LogP contribution in [0.15, 0.2) is 24.3 Å². The van der Waals surface area contributed by atoms with Gasteiger partial charge < -0.3 is 14.7 Å². The first-order valence-corrected chi connectivity index (χ1v) is 7.66. The molecule has 2 unspecified atom stereocenters. The van der Waals surface area contributed by atoms with Crippen LogP contribution < -0.4 is 4.74 Å². The SMILES string of the molecule is CC(C)c1cccc(OCC(=O)N2CCC(C(C)O)C2)c1. The molecule has 1 aliphatic heterocycles. The van der Waals surface area contributed by atoms with Crippen molar-refractivity contribution < 1.29 is 14.6 Å². The quantitative estimate of drug-likeness (QED) is 0.906. The Labute approximate surface area is 126 Å². The Kier molecular flexibility index (Phi) is 5.23. The van der Waals surface area contributed by atoms with Gasteiger partial charge in [0.15, 0.2) is 6.61 Å². The van der Waals surface area contributed by atoms with Crippen molar-refractivity contribution in [1.29, 1.82) is 0 Å². The number of rotatable bonds is 5. The fourth-order valence-corrected chi connectivity index (χ4v) is 2.61. The summed E-state index contributed by atoms with van der Waals surface area (Å²) in [6.45, 7) is 7.45. The van der Waals surface area contributed by atoms with E-state index in [1.165, 1.54) is 5.56 Å². The minimum absolute atomic E-state index is 0.00639. The molecule has 0 aliphatic carbocycles. The first kappa shape index (κ1) is 15.8. The van der Waals surface area contributed by atoms with Crippen LogP contribution in [-0.2, 0) is 4.79 Å². The van der Waals surface area contributed by atoms with Crippen LogP contribution in [0.5, 0.6) is 5.75 Å². The van der Waals surface area contributed by atoms with Crippen LogP contribution >= 0.6 is 0 Å². The highest BCUT2D eigenvalue weighted by atomic mass is 16.5. The number of benzene rings is 1. The monoisotopic (exact) mass is 291 g/mol. The molecule has 1 amide bonds. The molecule has 0 bridgehead atoms. The summed E-state index contributed by atoms with van der Waals surface area (Å²) in [4.78, 5) is 13.9. The lowest BCUT2D eigenvalue weighted by Gasteiger charge is -2.18. The van der Waals surface area contributed by atoms with E-state index in [4.69, 9.17) is 4.74 Å². The van der Waals surface area contributed by atoms with E-state index >= 15 is 0 Å². The summed E-state index contributed by atoms with van der Waals surface area (Å²) in [6, 6.07) is 7.88. The number of aliphatic hydroxyl groups is 1. The standard InChI is InChI=1S/C17H25NO3/c1-12(2)14-5-4-6-16(9-14)21-11-17(20)18-8-7-15(10-18)13(3)19/h4-6,9,12-13,15,19H,7-8,10-11H2,1-3H3. The highest BCUT2D eigenvalue weighted by Crippen LogP contribution is 2.22. The molecule has 1 saturated heterocycles. The van der Waals surface area contributed by atoms with Gasteiger partial charge >= 0.3 is 0 Å². The first-order chi connectivity index (χ1) is 9.97. The smallest absolute Gasteiger partial charge is 0.260 e. The fourth-order valence-electron chi connectivity index (χ4n) is 2.61. The van der Waals surface area contributed by atoms with Gasteiger partial charge in [0.2, 0.25) is 0 Å². The molecule has 4 nitrogen and oxygen atoms in total. The van der Waals surface area contributed by atoms with Crippen molar-refractivity contribution in [2.75, 3.05) is 19.7 Å². The van der Waals surface area contributed by atoms with Crippen molar-refractivity contribution >= 4 is 5.91 Å². The Balaban J connectivity index is 1.86. The van der Waals surface area contributed by atoms with E-state index in [1.54, 1.807) is 11.8 Å². The van der Waals surface area contributed by atoms with Crippen LogP contribution in [0.25, 0.3) is 0 Å². The number of aliphatic hydroxyl groups excluding tert-OH is 1. The van der Waals surface area contributed by atoms with Crippen LogP contribution in [0.1, 0.15) is 38.7 Å². The molecule has 2 rings (SSSR count). The summed E-state index contributed by atoms with van der Waals surface area (Å²) >= 11 is 0. The van der Waals surface area contributed by atoms with Crippen LogP contribution in [0, 0.1) is 5.92 Å². The van der Waals surface area contributed by atoms with Gasteiger partial charge in [-0.25, -0.2) is 0 Å². The predicted octanol–water partition coefficient (Wildman–Crippen LogP) is 2.42. The Morgan fingerprint density at radius 2 is 2.19 bits per heavy atom. The Morgan fingerprint density at radius 3 is 2.81 bits per heavy atom. The van der Waals surface area contributed by atoms with Gasteiger partial charge in [0.25, 0.3) is 5.91 Å². The summed E-state index contributed by atoms with van der Waals surface area (Å²) < 4.78 is 5.61. The third kappa shape index (κ3) is 4.21. The van der Waals surface area contributed by atoms with E-state index in [2.05, 4.69) is 19.9 Å². The Bertz CT molecular complexity index is 485. The summed E-state index contributed by atoms with van der Waals surface area (Å²) in [5.74, 6) is 1.36. The Hall–Kier alpha value is -1.55. The summed E-state index contributed by atoms with van der Waals surface area (Å²) in [7, 11) is 0. The van der Waals surface area contributed by atoms with Crippen LogP contribution in [0.4, 0.5) is 0 Å². The molecule has 1 heterocycles. The second-order valence-corrected chi connectivity index (χ2v) is 6.14. The van der Waals surface area contributed by atoms with Gasteiger partial charge in [-0.1, -0.05) is 26.0 Å². The molecule has 1 aromatic carbocycles. The number of carbonyl (C=O) groups excluding carboxylic acids is 1. The van der Waals surface area contributed by atoms with Crippen molar-refractivity contribution in [1.82, 2.24) is 4.90 Å². The number of ether oxygens (including phenoxy) is 1. The van der Waals surface area contributed by atoms with Gasteiger partial charge in [0, 0.05) is 19.0 Å². The van der Waals surface area contributed by atoms with E-state index in [9.17, 15) is 9.90 Å². The number of hydrogen-bond donors (Lipinski definition) is 1. The molecule has 21 heavy (non-hydrogen) atoms. The van der Waals surface area contributed by atoms with Gasteiger partial charge in [0.1, 0.15) is 5.75 Å². The van der Waals surface area contributed by atoms with Gasteiger partial charge in [0.05, 0.1) is 6.10 Å². The van der Waals surface area contributed by atoms with Crippen LogP contribution in [0.3, 0.4) is 0 Å². The molecule has 0 saturated carbocycles. The molecule has 1 aromatic rings. The maximum absolute atomic E-state index is 12.1. The lowest BCUT2D eigenvalue weighted by Crippen LogP contribution is -2.34. The molecule has 2 atom stereocenters. The minimum atomic E-state index is -0.355. The van der Waals surface area contributed by atoms with Crippen molar-refractivity contribution in [3.63, 3.8) is 0 Å². The molecule has 116 valence electrons. The largest absolute Gasteiger partial charge is 0.484 e. The minimum Gasteiger partial charge on any atom is -0.484 e. The predicted molar refractivity (Wildman–Crippen MR) is 82.4 cm³/mol. The highest BCUT2D eigenvalue weighted by molar-refractivity contribution is 5.78. The zero-order valence-corrected chi connectivity index (χ0v) is 13.1. The lowest BCUT2D eigenvalue weighted by molar-refractivity contribution is -0.132. The van der Waals surface area contributed by atoms with Crippen molar-refractivity contribution in [2.45, 2.75) is 39.2 Å². The number of hydrogen-bond acceptors (Lipinski definition) is 3. The zero-order chi connectivity index (χ0) is 15.4. The van der Waals surface area contributed by atoms with Gasteiger partial charge in [-0.3, -0.25) is 4.79 Å². The number of likely N-dealkylation sites (tertiary alicyclic amines) is 1. The van der Waals surface area contributed by atoms with Crippen LogP contribution in [-0.4, -0.2) is 41.7 Å².